The third-order valence-corrected chi connectivity index (χ3v) is 3.64. The Bertz CT molecular complexity index is 398. The van der Waals surface area contributed by atoms with Crippen molar-refractivity contribution in [3.05, 3.63) is 34.9 Å². The molecule has 0 fully saturated rings. The first-order chi connectivity index (χ1) is 8.55. The number of benzene rings is 1. The maximum atomic E-state index is 12.0. The molecule has 1 rings (SSSR count). The summed E-state index contributed by atoms with van der Waals surface area (Å²) in [5.74, 6) is -0.00795. The van der Waals surface area contributed by atoms with Gasteiger partial charge >= 0.3 is 0 Å². The van der Waals surface area contributed by atoms with E-state index in [1.54, 1.807) is 6.07 Å². The van der Waals surface area contributed by atoms with Crippen LogP contribution in [0, 0.1) is 0 Å². The minimum absolute atomic E-state index is 0. The fourth-order valence-corrected chi connectivity index (χ4v) is 2.15. The Labute approximate surface area is 126 Å². The summed E-state index contributed by atoms with van der Waals surface area (Å²) in [7, 11) is 0. The number of carbonyl (C=O) groups excluding carboxylic acids is 1. The zero-order valence-corrected chi connectivity index (χ0v) is 13.0. The molecule has 0 atom stereocenters. The average Bonchev–Trinajstić information content (AvgIpc) is 2.36. The van der Waals surface area contributed by atoms with Gasteiger partial charge in [0.25, 0.3) is 0 Å². The minimum atomic E-state index is -0.282. The van der Waals surface area contributed by atoms with Crippen molar-refractivity contribution in [3.8, 4) is 0 Å². The zero-order valence-electron chi connectivity index (χ0n) is 11.4. The molecule has 0 bridgehead atoms. The first-order valence-electron chi connectivity index (χ1n) is 6.30. The van der Waals surface area contributed by atoms with Crippen LogP contribution in [0.25, 0.3) is 0 Å². The molecule has 0 heterocycles. The Morgan fingerprint density at radius 1 is 1.37 bits per heavy atom. The largest absolute Gasteiger partial charge is 0.349 e. The van der Waals surface area contributed by atoms with Crippen LogP contribution in [-0.4, -0.2) is 18.0 Å². The second kappa shape index (κ2) is 8.41. The third kappa shape index (κ3) is 5.39. The molecule has 0 aliphatic rings. The lowest BCUT2D eigenvalue weighted by Crippen LogP contribution is -2.53. The molecule has 5 heteroatoms. The van der Waals surface area contributed by atoms with Crippen molar-refractivity contribution in [3.63, 3.8) is 0 Å². The van der Waals surface area contributed by atoms with E-state index in [9.17, 15) is 4.79 Å². The van der Waals surface area contributed by atoms with Gasteiger partial charge in [0.15, 0.2) is 0 Å². The van der Waals surface area contributed by atoms with Crippen molar-refractivity contribution in [1.29, 1.82) is 0 Å². The van der Waals surface area contributed by atoms with Gasteiger partial charge in [0.2, 0.25) is 5.91 Å². The van der Waals surface area contributed by atoms with Crippen LogP contribution < -0.4 is 11.1 Å². The number of hydrogen-bond donors (Lipinski definition) is 2. The van der Waals surface area contributed by atoms with Gasteiger partial charge in [-0.25, -0.2) is 0 Å². The molecule has 108 valence electrons. The zero-order chi connectivity index (χ0) is 13.6. The molecule has 3 N–H and O–H groups in total. The first-order valence-corrected chi connectivity index (χ1v) is 6.68. The highest BCUT2D eigenvalue weighted by Gasteiger charge is 2.26. The van der Waals surface area contributed by atoms with E-state index in [2.05, 4.69) is 5.32 Å². The van der Waals surface area contributed by atoms with Crippen LogP contribution in [0.4, 0.5) is 0 Å². The standard InChI is InChI=1S/C14H21ClN2O.ClH/c1-3-14(4-2,10-16)17-13(18)9-11-6-5-7-12(15)8-11;/h5-8H,3-4,9-10,16H2,1-2H3,(H,17,18);1H. The summed E-state index contributed by atoms with van der Waals surface area (Å²) in [6.07, 6.45) is 2.00. The Balaban J connectivity index is 0.00000324. The van der Waals surface area contributed by atoms with Gasteiger partial charge in [-0.05, 0) is 30.5 Å². The summed E-state index contributed by atoms with van der Waals surface area (Å²) >= 11 is 5.89. The number of nitrogens with one attached hydrogen (secondary N) is 1. The van der Waals surface area contributed by atoms with Crippen LogP contribution in [0.1, 0.15) is 32.3 Å². The van der Waals surface area contributed by atoms with Gasteiger partial charge in [0.05, 0.1) is 12.0 Å². The number of halogens is 2. The van der Waals surface area contributed by atoms with E-state index in [1.807, 2.05) is 32.0 Å². The van der Waals surface area contributed by atoms with E-state index in [-0.39, 0.29) is 23.9 Å². The van der Waals surface area contributed by atoms with Crippen molar-refractivity contribution in [2.75, 3.05) is 6.54 Å². The fraction of sp³-hybridized carbons (Fsp3) is 0.500. The summed E-state index contributed by atoms with van der Waals surface area (Å²) in [6.45, 7) is 4.54. The van der Waals surface area contributed by atoms with E-state index in [4.69, 9.17) is 17.3 Å². The van der Waals surface area contributed by atoms with E-state index in [0.29, 0.717) is 18.0 Å². The minimum Gasteiger partial charge on any atom is -0.349 e. The molecular weight excluding hydrogens is 283 g/mol. The Hall–Kier alpha value is -0.770. The highest BCUT2D eigenvalue weighted by molar-refractivity contribution is 6.30. The lowest BCUT2D eigenvalue weighted by atomic mass is 9.92. The molecule has 0 radical (unpaired) electrons. The number of nitrogens with two attached hydrogens (primary N) is 1. The summed E-state index contributed by atoms with van der Waals surface area (Å²) < 4.78 is 0. The average molecular weight is 305 g/mol. The predicted octanol–water partition coefficient (Wildman–Crippen LogP) is 2.94. The predicted molar refractivity (Wildman–Crippen MR) is 82.9 cm³/mol. The van der Waals surface area contributed by atoms with Gasteiger partial charge in [-0.1, -0.05) is 37.6 Å². The Morgan fingerprint density at radius 3 is 2.47 bits per heavy atom. The van der Waals surface area contributed by atoms with Crippen LogP contribution in [0.3, 0.4) is 0 Å². The van der Waals surface area contributed by atoms with Gasteiger partial charge in [0.1, 0.15) is 0 Å². The maximum Gasteiger partial charge on any atom is 0.224 e. The van der Waals surface area contributed by atoms with E-state index >= 15 is 0 Å². The van der Waals surface area contributed by atoms with Crippen LogP contribution >= 0.6 is 24.0 Å². The molecule has 0 saturated carbocycles. The summed E-state index contributed by atoms with van der Waals surface area (Å²) in [5, 5.41) is 3.69. The number of rotatable bonds is 6. The highest BCUT2D eigenvalue weighted by Crippen LogP contribution is 2.15. The monoisotopic (exact) mass is 304 g/mol. The summed E-state index contributed by atoms with van der Waals surface area (Å²) in [5.41, 5.74) is 6.39. The molecule has 0 saturated heterocycles. The molecule has 0 aliphatic carbocycles. The van der Waals surface area contributed by atoms with Crippen molar-refractivity contribution in [1.82, 2.24) is 5.32 Å². The van der Waals surface area contributed by atoms with Gasteiger partial charge in [-0.2, -0.15) is 0 Å². The molecular formula is C14H22Cl2N2O. The Morgan fingerprint density at radius 2 is 2.00 bits per heavy atom. The molecule has 19 heavy (non-hydrogen) atoms. The number of hydrogen-bond acceptors (Lipinski definition) is 2. The van der Waals surface area contributed by atoms with E-state index in [0.717, 1.165) is 18.4 Å². The second-order valence-corrected chi connectivity index (χ2v) is 4.98. The third-order valence-electron chi connectivity index (χ3n) is 3.40. The number of amides is 1. The van der Waals surface area contributed by atoms with E-state index in [1.165, 1.54) is 0 Å². The maximum absolute atomic E-state index is 12.0. The molecule has 0 unspecified atom stereocenters. The first kappa shape index (κ1) is 18.2. The van der Waals surface area contributed by atoms with Gasteiger partial charge < -0.3 is 11.1 Å². The van der Waals surface area contributed by atoms with Crippen LogP contribution in [0.15, 0.2) is 24.3 Å². The highest BCUT2D eigenvalue weighted by atomic mass is 35.5. The fourth-order valence-electron chi connectivity index (χ4n) is 1.94. The Kier molecular flexibility index (Phi) is 8.07. The molecule has 0 aromatic heterocycles. The molecule has 1 amide bonds. The van der Waals surface area contributed by atoms with Gasteiger partial charge in [-0.15, -0.1) is 12.4 Å². The van der Waals surface area contributed by atoms with Gasteiger partial charge in [-0.3, -0.25) is 4.79 Å². The van der Waals surface area contributed by atoms with Crippen molar-refractivity contribution >= 4 is 29.9 Å². The molecule has 1 aromatic rings. The quantitative estimate of drug-likeness (QED) is 0.849. The molecule has 1 aromatic carbocycles. The lowest BCUT2D eigenvalue weighted by Gasteiger charge is -2.31. The topological polar surface area (TPSA) is 55.1 Å². The molecule has 3 nitrogen and oxygen atoms in total. The lowest BCUT2D eigenvalue weighted by molar-refractivity contribution is -0.122. The van der Waals surface area contributed by atoms with Crippen molar-refractivity contribution in [2.45, 2.75) is 38.6 Å². The van der Waals surface area contributed by atoms with Crippen LogP contribution in [0.5, 0.6) is 0 Å². The van der Waals surface area contributed by atoms with Gasteiger partial charge in [0, 0.05) is 11.6 Å². The second-order valence-electron chi connectivity index (χ2n) is 4.55. The number of carbonyl (C=O) groups is 1. The van der Waals surface area contributed by atoms with E-state index < -0.39 is 0 Å². The van der Waals surface area contributed by atoms with Crippen molar-refractivity contribution < 1.29 is 4.79 Å². The SMILES string of the molecule is CCC(CC)(CN)NC(=O)Cc1cccc(Cl)c1.Cl. The molecule has 0 aliphatic heterocycles. The van der Waals surface area contributed by atoms with Crippen molar-refractivity contribution in [2.24, 2.45) is 5.73 Å². The normalized spacial score (nSPS) is 10.7. The molecule has 0 spiro atoms. The van der Waals surface area contributed by atoms with Crippen LogP contribution in [-0.2, 0) is 11.2 Å². The summed E-state index contributed by atoms with van der Waals surface area (Å²) in [4.78, 5) is 12.0. The summed E-state index contributed by atoms with van der Waals surface area (Å²) in [6, 6.07) is 7.35. The smallest absolute Gasteiger partial charge is 0.224 e. The van der Waals surface area contributed by atoms with Crippen LogP contribution in [0.2, 0.25) is 5.02 Å².